The molecule has 100 valence electrons. The lowest BCUT2D eigenvalue weighted by atomic mass is 10.1. The number of halogens is 1. The lowest BCUT2D eigenvalue weighted by molar-refractivity contribution is 0.0816. The molecule has 0 unspecified atom stereocenters. The van der Waals surface area contributed by atoms with Gasteiger partial charge in [-0.3, -0.25) is 4.90 Å². The first kappa shape index (κ1) is 16.5. The smallest absolute Gasteiger partial charge is 0.0765 e. The van der Waals surface area contributed by atoms with Gasteiger partial charge in [-0.05, 0) is 40.2 Å². The second-order valence-electron chi connectivity index (χ2n) is 4.28. The molecular formula is C12H24FN3S. The first-order valence-electron chi connectivity index (χ1n) is 5.68. The highest BCUT2D eigenvalue weighted by Crippen LogP contribution is 2.15. The number of hydrogen-bond donors (Lipinski definition) is 1. The van der Waals surface area contributed by atoms with Crippen LogP contribution >= 0.6 is 12.1 Å². The predicted octanol–water partition coefficient (Wildman–Crippen LogP) is 2.23. The van der Waals surface area contributed by atoms with Crippen molar-refractivity contribution in [1.29, 1.82) is 0 Å². The minimum absolute atomic E-state index is 0.407. The minimum atomic E-state index is 0.407. The molecule has 0 spiro atoms. The minimum Gasteiger partial charge on any atom is -0.405 e. The van der Waals surface area contributed by atoms with Crippen molar-refractivity contribution >= 4 is 12.1 Å². The molecule has 3 nitrogen and oxygen atoms in total. The van der Waals surface area contributed by atoms with Gasteiger partial charge in [-0.15, -0.1) is 0 Å². The zero-order chi connectivity index (χ0) is 13.3. The Morgan fingerprint density at radius 3 is 2.41 bits per heavy atom. The molecule has 0 aromatic rings. The normalized spacial score (nSPS) is 18.1. The summed E-state index contributed by atoms with van der Waals surface area (Å²) in [6, 6.07) is 0.646. The van der Waals surface area contributed by atoms with Crippen molar-refractivity contribution < 1.29 is 3.89 Å². The van der Waals surface area contributed by atoms with Crippen LogP contribution in [0.15, 0.2) is 23.9 Å². The quantitative estimate of drug-likeness (QED) is 0.787. The molecule has 1 rings (SSSR count). The molecule has 0 atom stereocenters. The molecule has 0 saturated carbocycles. The zero-order valence-electron chi connectivity index (χ0n) is 11.2. The fourth-order valence-corrected chi connectivity index (χ4v) is 1.64. The summed E-state index contributed by atoms with van der Waals surface area (Å²) in [6.45, 7) is 6.02. The van der Waals surface area contributed by atoms with E-state index in [0.717, 1.165) is 13.1 Å². The van der Waals surface area contributed by atoms with Gasteiger partial charge in [0, 0.05) is 19.1 Å². The summed E-state index contributed by atoms with van der Waals surface area (Å²) in [7, 11) is 4.12. The Balaban J connectivity index is 0.000000325. The highest BCUT2D eigenvalue weighted by Gasteiger charge is 2.27. The summed E-state index contributed by atoms with van der Waals surface area (Å²) in [5.74, 6) is 0.532. The first-order valence-corrected chi connectivity index (χ1v) is 6.57. The van der Waals surface area contributed by atoms with Crippen molar-refractivity contribution in [2.24, 2.45) is 5.73 Å². The average molecular weight is 261 g/mol. The molecule has 0 amide bonds. The van der Waals surface area contributed by atoms with Gasteiger partial charge in [-0.25, -0.2) is 0 Å². The zero-order valence-corrected chi connectivity index (χ0v) is 12.0. The summed E-state index contributed by atoms with van der Waals surface area (Å²) in [5.41, 5.74) is 6.28. The third-order valence-corrected chi connectivity index (χ3v) is 3.18. The molecule has 0 bridgehead atoms. The first-order chi connectivity index (χ1) is 8.04. The maximum atomic E-state index is 11.7. The van der Waals surface area contributed by atoms with E-state index in [1.54, 1.807) is 0 Å². The molecule has 5 heteroatoms. The number of likely N-dealkylation sites (N-methyl/N-ethyl adjacent to an activating group) is 1. The largest absolute Gasteiger partial charge is 0.405 e. The molecule has 1 aliphatic heterocycles. The van der Waals surface area contributed by atoms with Crippen LogP contribution in [0.5, 0.6) is 0 Å². The van der Waals surface area contributed by atoms with Crippen LogP contribution in [0.2, 0.25) is 0 Å². The maximum Gasteiger partial charge on any atom is 0.0765 e. The van der Waals surface area contributed by atoms with Gasteiger partial charge in [0.05, 0.1) is 18.0 Å². The molecule has 0 aliphatic carbocycles. The van der Waals surface area contributed by atoms with Gasteiger partial charge in [0.25, 0.3) is 0 Å². The van der Waals surface area contributed by atoms with E-state index >= 15 is 0 Å². The van der Waals surface area contributed by atoms with E-state index in [1.165, 1.54) is 11.8 Å². The Kier molecular flexibility index (Phi) is 9.21. The number of hydrogen-bond acceptors (Lipinski definition) is 4. The molecule has 0 radical (unpaired) electrons. The van der Waals surface area contributed by atoms with Crippen molar-refractivity contribution in [2.75, 3.05) is 33.1 Å². The maximum absolute atomic E-state index is 11.7. The monoisotopic (exact) mass is 261 g/mol. The van der Waals surface area contributed by atoms with Gasteiger partial charge in [-0.1, -0.05) is 11.6 Å². The van der Waals surface area contributed by atoms with Crippen LogP contribution in [-0.4, -0.2) is 48.9 Å². The molecule has 1 saturated heterocycles. The van der Waals surface area contributed by atoms with Crippen LogP contribution < -0.4 is 5.73 Å². The van der Waals surface area contributed by atoms with Crippen LogP contribution in [0.3, 0.4) is 0 Å². The van der Waals surface area contributed by atoms with Crippen molar-refractivity contribution in [3.63, 3.8) is 0 Å². The standard InChI is InChI=1S/C6H13FN2S.C6H11N/c1-8(2)6-3-9(4-6)5-10-7;1-3-6(2)4-5-7/h6H,3-5H2,1-2H3;3-5H,7H2,1-2H3/b;5-4-,6-3-. The van der Waals surface area contributed by atoms with Crippen LogP contribution in [0.25, 0.3) is 0 Å². The van der Waals surface area contributed by atoms with Crippen molar-refractivity contribution in [1.82, 2.24) is 9.80 Å². The number of likely N-dealkylation sites (tertiary alicyclic amines) is 1. The summed E-state index contributed by atoms with van der Waals surface area (Å²) in [4.78, 5) is 4.27. The molecular weight excluding hydrogens is 237 g/mol. The molecule has 0 aromatic heterocycles. The fourth-order valence-electron chi connectivity index (χ4n) is 1.29. The second kappa shape index (κ2) is 9.50. The van der Waals surface area contributed by atoms with E-state index < -0.39 is 0 Å². The Bertz CT molecular complexity index is 248. The lowest BCUT2D eigenvalue weighted by Crippen LogP contribution is -2.56. The van der Waals surface area contributed by atoms with Gasteiger partial charge in [0.15, 0.2) is 0 Å². The third-order valence-electron chi connectivity index (χ3n) is 2.71. The van der Waals surface area contributed by atoms with Crippen molar-refractivity contribution in [2.45, 2.75) is 19.9 Å². The van der Waals surface area contributed by atoms with Crippen molar-refractivity contribution in [3.05, 3.63) is 23.9 Å². The predicted molar refractivity (Wildman–Crippen MR) is 75.4 cm³/mol. The van der Waals surface area contributed by atoms with E-state index in [-0.39, 0.29) is 0 Å². The van der Waals surface area contributed by atoms with Gasteiger partial charge in [0.2, 0.25) is 0 Å². The van der Waals surface area contributed by atoms with E-state index in [9.17, 15) is 3.89 Å². The number of nitrogens with zero attached hydrogens (tertiary/aromatic N) is 2. The Labute approximate surface area is 109 Å². The van der Waals surface area contributed by atoms with E-state index in [4.69, 9.17) is 5.73 Å². The molecule has 1 aliphatic rings. The summed E-state index contributed by atoms with van der Waals surface area (Å²) in [6.07, 6.45) is 5.40. The Morgan fingerprint density at radius 1 is 1.53 bits per heavy atom. The van der Waals surface area contributed by atoms with Crippen LogP contribution in [-0.2, 0) is 0 Å². The Hall–Kier alpha value is -0.520. The molecule has 17 heavy (non-hydrogen) atoms. The fraction of sp³-hybridized carbons (Fsp3) is 0.667. The van der Waals surface area contributed by atoms with Crippen molar-refractivity contribution in [3.8, 4) is 0 Å². The SMILES string of the molecule is C/C=C(C)\C=C/N.CN(C)C1CN(CSF)C1. The van der Waals surface area contributed by atoms with Gasteiger partial charge in [0.1, 0.15) is 0 Å². The molecule has 1 fully saturated rings. The van der Waals surface area contributed by atoms with E-state index in [1.807, 2.05) is 26.0 Å². The number of nitrogens with two attached hydrogens (primary N) is 1. The lowest BCUT2D eigenvalue weighted by Gasteiger charge is -2.41. The highest BCUT2D eigenvalue weighted by molar-refractivity contribution is 7.94. The van der Waals surface area contributed by atoms with Gasteiger partial charge >= 0.3 is 0 Å². The Morgan fingerprint density at radius 2 is 2.12 bits per heavy atom. The van der Waals surface area contributed by atoms with Crippen LogP contribution in [0, 0.1) is 0 Å². The molecule has 1 heterocycles. The average Bonchev–Trinajstić information content (AvgIpc) is 2.23. The number of allylic oxidation sites excluding steroid dienone is 3. The van der Waals surface area contributed by atoms with E-state index in [2.05, 4.69) is 23.9 Å². The molecule has 2 N–H and O–H groups in total. The van der Waals surface area contributed by atoms with Gasteiger partial charge in [-0.2, -0.15) is 3.89 Å². The topological polar surface area (TPSA) is 32.5 Å². The molecule has 0 aromatic carbocycles. The van der Waals surface area contributed by atoms with Crippen LogP contribution in [0.4, 0.5) is 3.89 Å². The second-order valence-corrected chi connectivity index (χ2v) is 4.76. The van der Waals surface area contributed by atoms with E-state index in [0.29, 0.717) is 24.1 Å². The number of rotatable bonds is 4. The van der Waals surface area contributed by atoms with Crippen LogP contribution in [0.1, 0.15) is 13.8 Å². The van der Waals surface area contributed by atoms with Gasteiger partial charge < -0.3 is 10.6 Å². The highest BCUT2D eigenvalue weighted by atomic mass is 32.2. The summed E-state index contributed by atoms with van der Waals surface area (Å²) in [5, 5.41) is 0. The third kappa shape index (κ3) is 7.41. The summed E-state index contributed by atoms with van der Waals surface area (Å²) < 4.78 is 11.7. The summed E-state index contributed by atoms with van der Waals surface area (Å²) >= 11 is 0.407.